The van der Waals surface area contributed by atoms with E-state index in [4.69, 9.17) is 27.8 Å². The largest absolute Gasteiger partial charge is 0.484 e. The van der Waals surface area contributed by atoms with Crippen molar-refractivity contribution in [1.82, 2.24) is 0 Å². The number of rotatable bonds is 5. The van der Waals surface area contributed by atoms with Gasteiger partial charge in [0.25, 0.3) is 0 Å². The quantitative estimate of drug-likeness (QED) is 0.891. The van der Waals surface area contributed by atoms with E-state index in [1.54, 1.807) is 30.3 Å². The molecule has 2 aromatic rings. The van der Waals surface area contributed by atoms with E-state index in [1.165, 1.54) is 0 Å². The Bertz CT molecular complexity index is 626. The van der Waals surface area contributed by atoms with Crippen molar-refractivity contribution in [1.29, 1.82) is 0 Å². The number of hydrogen-bond donors (Lipinski definition) is 2. The summed E-state index contributed by atoms with van der Waals surface area (Å²) in [5, 5.41) is 0.605. The van der Waals surface area contributed by atoms with E-state index in [1.807, 2.05) is 25.1 Å². The van der Waals surface area contributed by atoms with Gasteiger partial charge >= 0.3 is 0 Å². The van der Waals surface area contributed by atoms with Gasteiger partial charge in [-0.15, -0.1) is 0 Å². The van der Waals surface area contributed by atoms with Crippen LogP contribution in [0.25, 0.3) is 0 Å². The van der Waals surface area contributed by atoms with Crippen LogP contribution >= 0.6 is 11.6 Å². The zero-order valence-corrected chi connectivity index (χ0v) is 12.4. The molecule has 2 aromatic carbocycles. The highest BCUT2D eigenvalue weighted by Crippen LogP contribution is 2.29. The molecule has 1 amide bonds. The van der Waals surface area contributed by atoms with Gasteiger partial charge in [-0.25, -0.2) is 0 Å². The van der Waals surface area contributed by atoms with Crippen LogP contribution < -0.4 is 16.2 Å². The van der Waals surface area contributed by atoms with Gasteiger partial charge in [0.05, 0.1) is 0 Å². The highest BCUT2D eigenvalue weighted by molar-refractivity contribution is 6.31. The Morgan fingerprint density at radius 3 is 2.29 bits per heavy atom. The molecule has 2 unspecified atom stereocenters. The molecule has 21 heavy (non-hydrogen) atoms. The van der Waals surface area contributed by atoms with E-state index in [0.29, 0.717) is 16.3 Å². The molecule has 5 heteroatoms. The lowest BCUT2D eigenvalue weighted by Crippen LogP contribution is -2.29. The molecule has 0 radical (unpaired) electrons. The lowest BCUT2D eigenvalue weighted by molar-refractivity contribution is 0.1000. The fraction of sp³-hybridized carbons (Fsp3) is 0.188. The van der Waals surface area contributed by atoms with Gasteiger partial charge < -0.3 is 16.2 Å². The van der Waals surface area contributed by atoms with Gasteiger partial charge in [-0.05, 0) is 37.3 Å². The van der Waals surface area contributed by atoms with Gasteiger partial charge in [0.2, 0.25) is 5.91 Å². The number of benzene rings is 2. The molecule has 2 atom stereocenters. The highest BCUT2D eigenvalue weighted by Gasteiger charge is 2.20. The van der Waals surface area contributed by atoms with Crippen molar-refractivity contribution in [2.24, 2.45) is 11.5 Å². The summed E-state index contributed by atoms with van der Waals surface area (Å²) < 4.78 is 5.92. The first-order valence-corrected chi connectivity index (χ1v) is 6.93. The third-order valence-electron chi connectivity index (χ3n) is 3.09. The van der Waals surface area contributed by atoms with Crippen LogP contribution in [0.2, 0.25) is 5.02 Å². The molecule has 0 heterocycles. The molecule has 0 aliphatic rings. The lowest BCUT2D eigenvalue weighted by atomic mass is 10.0. The number of nitrogens with two attached hydrogens (primary N) is 2. The third kappa shape index (κ3) is 3.74. The molecule has 4 nitrogen and oxygen atoms in total. The summed E-state index contributed by atoms with van der Waals surface area (Å²) in [5.41, 5.74) is 12.5. The van der Waals surface area contributed by atoms with Crippen molar-refractivity contribution < 1.29 is 9.53 Å². The molecule has 0 aliphatic carbocycles. The SMILES string of the molecule is CC(N)C(Oc1ccc(C(N)=O)cc1)c1ccccc1Cl. The van der Waals surface area contributed by atoms with Crippen LogP contribution in [0.3, 0.4) is 0 Å². The minimum Gasteiger partial charge on any atom is -0.484 e. The zero-order chi connectivity index (χ0) is 15.4. The molecule has 4 N–H and O–H groups in total. The third-order valence-corrected chi connectivity index (χ3v) is 3.44. The van der Waals surface area contributed by atoms with Gasteiger partial charge in [0.1, 0.15) is 11.9 Å². The van der Waals surface area contributed by atoms with Crippen LogP contribution in [-0.2, 0) is 0 Å². The average Bonchev–Trinajstić information content (AvgIpc) is 2.46. The van der Waals surface area contributed by atoms with Crippen LogP contribution in [0.5, 0.6) is 5.75 Å². The second-order valence-electron chi connectivity index (χ2n) is 4.81. The first kappa shape index (κ1) is 15.4. The van der Waals surface area contributed by atoms with Crippen LogP contribution in [0.15, 0.2) is 48.5 Å². The summed E-state index contributed by atoms with van der Waals surface area (Å²) >= 11 is 6.20. The van der Waals surface area contributed by atoms with Crippen molar-refractivity contribution in [2.75, 3.05) is 0 Å². The van der Waals surface area contributed by atoms with E-state index in [0.717, 1.165) is 5.56 Å². The molecule has 0 bridgehead atoms. The zero-order valence-electron chi connectivity index (χ0n) is 11.6. The molecular formula is C16H17ClN2O2. The first-order chi connectivity index (χ1) is 9.99. The van der Waals surface area contributed by atoms with Crippen molar-refractivity contribution in [3.63, 3.8) is 0 Å². The van der Waals surface area contributed by atoms with Crippen molar-refractivity contribution in [2.45, 2.75) is 19.1 Å². The van der Waals surface area contributed by atoms with E-state index < -0.39 is 5.91 Å². The van der Waals surface area contributed by atoms with Gasteiger partial charge in [0, 0.05) is 22.2 Å². The fourth-order valence-corrected chi connectivity index (χ4v) is 2.25. The maximum atomic E-state index is 11.1. The van der Waals surface area contributed by atoms with Crippen LogP contribution in [-0.4, -0.2) is 11.9 Å². The second kappa shape index (κ2) is 6.61. The molecule has 0 saturated carbocycles. The summed E-state index contributed by atoms with van der Waals surface area (Å²) in [6, 6.07) is 13.8. The Hall–Kier alpha value is -2.04. The Labute approximate surface area is 128 Å². The lowest BCUT2D eigenvalue weighted by Gasteiger charge is -2.24. The number of hydrogen-bond acceptors (Lipinski definition) is 3. The summed E-state index contributed by atoms with van der Waals surface area (Å²) in [5.74, 6) is 0.124. The first-order valence-electron chi connectivity index (χ1n) is 6.55. The minimum absolute atomic E-state index is 0.249. The molecule has 2 rings (SSSR count). The predicted octanol–water partition coefficient (Wildman–Crippen LogP) is 2.91. The maximum Gasteiger partial charge on any atom is 0.248 e. The van der Waals surface area contributed by atoms with E-state index in [9.17, 15) is 4.79 Å². The van der Waals surface area contributed by atoms with E-state index in [2.05, 4.69) is 0 Å². The number of primary amides is 1. The van der Waals surface area contributed by atoms with Crippen LogP contribution in [0, 0.1) is 0 Å². The number of ether oxygens (including phenoxy) is 1. The summed E-state index contributed by atoms with van der Waals surface area (Å²) in [7, 11) is 0. The molecular weight excluding hydrogens is 288 g/mol. The summed E-state index contributed by atoms with van der Waals surface area (Å²) in [4.78, 5) is 11.1. The Balaban J connectivity index is 2.25. The van der Waals surface area contributed by atoms with Crippen molar-refractivity contribution in [3.8, 4) is 5.75 Å². The Morgan fingerprint density at radius 2 is 1.76 bits per heavy atom. The Kier molecular flexibility index (Phi) is 4.83. The van der Waals surface area contributed by atoms with Gasteiger partial charge in [-0.2, -0.15) is 0 Å². The molecule has 110 valence electrons. The van der Waals surface area contributed by atoms with E-state index >= 15 is 0 Å². The highest BCUT2D eigenvalue weighted by atomic mass is 35.5. The maximum absolute atomic E-state index is 11.1. The summed E-state index contributed by atoms with van der Waals surface area (Å²) in [6.07, 6.45) is -0.377. The topological polar surface area (TPSA) is 78.3 Å². The van der Waals surface area contributed by atoms with Crippen molar-refractivity contribution >= 4 is 17.5 Å². The number of carbonyl (C=O) groups is 1. The summed E-state index contributed by atoms with van der Waals surface area (Å²) in [6.45, 7) is 1.85. The predicted molar refractivity (Wildman–Crippen MR) is 83.4 cm³/mol. The van der Waals surface area contributed by atoms with E-state index in [-0.39, 0.29) is 12.1 Å². The molecule has 0 aliphatic heterocycles. The molecule has 0 aromatic heterocycles. The standard InChI is InChI=1S/C16H17ClN2O2/c1-10(18)15(13-4-2-3-5-14(13)17)21-12-8-6-11(7-9-12)16(19)20/h2-10,15H,18H2,1H3,(H2,19,20). The monoisotopic (exact) mass is 304 g/mol. The van der Waals surface area contributed by atoms with Gasteiger partial charge in [-0.1, -0.05) is 29.8 Å². The average molecular weight is 305 g/mol. The van der Waals surface area contributed by atoms with Crippen LogP contribution in [0.1, 0.15) is 28.9 Å². The normalized spacial score (nSPS) is 13.5. The minimum atomic E-state index is -0.476. The number of amides is 1. The number of halogens is 1. The van der Waals surface area contributed by atoms with Crippen LogP contribution in [0.4, 0.5) is 0 Å². The van der Waals surface area contributed by atoms with Gasteiger partial charge in [-0.3, -0.25) is 4.79 Å². The molecule has 0 spiro atoms. The molecule has 0 saturated heterocycles. The van der Waals surface area contributed by atoms with Crippen molar-refractivity contribution in [3.05, 3.63) is 64.7 Å². The fourth-order valence-electron chi connectivity index (χ4n) is 2.00. The smallest absolute Gasteiger partial charge is 0.248 e. The van der Waals surface area contributed by atoms with Gasteiger partial charge in [0.15, 0.2) is 0 Å². The molecule has 0 fully saturated rings. The second-order valence-corrected chi connectivity index (χ2v) is 5.21. The number of carbonyl (C=O) groups excluding carboxylic acids is 1. The Morgan fingerprint density at radius 1 is 1.14 bits per heavy atom.